The van der Waals surface area contributed by atoms with E-state index in [9.17, 15) is 36.4 Å². The van der Waals surface area contributed by atoms with Crippen molar-refractivity contribution in [1.82, 2.24) is 9.78 Å². The highest BCUT2D eigenvalue weighted by atomic mass is 35.5. The van der Waals surface area contributed by atoms with Crippen LogP contribution >= 0.6 is 12.4 Å². The van der Waals surface area contributed by atoms with Gasteiger partial charge in [-0.15, -0.1) is 12.4 Å². The molecule has 1 heterocycles. The summed E-state index contributed by atoms with van der Waals surface area (Å²) in [7, 11) is 1.63. The molecule has 0 bridgehead atoms. The molecule has 0 fully saturated rings. The number of halogens is 7. The summed E-state index contributed by atoms with van der Waals surface area (Å²) in [5, 5.41) is 22.5. The van der Waals surface area contributed by atoms with Crippen molar-refractivity contribution in [3.05, 3.63) is 76.5 Å². The summed E-state index contributed by atoms with van der Waals surface area (Å²) in [4.78, 5) is 14.3. The molecule has 0 amide bonds. The van der Waals surface area contributed by atoms with E-state index in [1.54, 1.807) is 30.3 Å². The molecule has 1 N–H and O–H groups in total. The first-order valence-corrected chi connectivity index (χ1v) is 12.7. The molecule has 1 aromatic heterocycles. The molecular formula is C28H30ClF6N5O2. The summed E-state index contributed by atoms with van der Waals surface area (Å²) in [5.41, 5.74) is -1.21. The van der Waals surface area contributed by atoms with Crippen molar-refractivity contribution in [2.24, 2.45) is 7.05 Å². The summed E-state index contributed by atoms with van der Waals surface area (Å²) < 4.78 is 83.2. The minimum absolute atomic E-state index is 0. The number of aliphatic carboxylic acids is 1. The molecule has 14 heteroatoms. The van der Waals surface area contributed by atoms with E-state index in [4.69, 9.17) is 5.11 Å². The number of aromatic nitrogens is 2. The van der Waals surface area contributed by atoms with Gasteiger partial charge in [0.2, 0.25) is 0 Å². The van der Waals surface area contributed by atoms with Crippen LogP contribution in [0.2, 0.25) is 0 Å². The largest absolute Gasteiger partial charge is 0.481 e. The molecule has 0 aliphatic carbocycles. The zero-order valence-electron chi connectivity index (χ0n) is 22.8. The first kappa shape index (κ1) is 34.3. The van der Waals surface area contributed by atoms with Gasteiger partial charge in [0, 0.05) is 57.6 Å². The van der Waals surface area contributed by atoms with E-state index in [2.05, 4.69) is 5.10 Å². The lowest BCUT2D eigenvalue weighted by Gasteiger charge is -2.30. The molecule has 2 aromatic carbocycles. The fraction of sp³-hybridized carbons (Fsp3) is 0.393. The highest BCUT2D eigenvalue weighted by Crippen LogP contribution is 2.35. The second-order valence-corrected chi connectivity index (χ2v) is 9.50. The Balaban J connectivity index is 0.00000616. The van der Waals surface area contributed by atoms with Crippen LogP contribution in [0, 0.1) is 11.3 Å². The van der Waals surface area contributed by atoms with Gasteiger partial charge in [-0.25, -0.2) is 0 Å². The number of hydrogen-bond donors (Lipinski definition) is 1. The Morgan fingerprint density at radius 1 is 0.976 bits per heavy atom. The molecule has 0 unspecified atom stereocenters. The van der Waals surface area contributed by atoms with Gasteiger partial charge in [-0.05, 0) is 67.3 Å². The Labute approximate surface area is 245 Å². The smallest absolute Gasteiger partial charge is 0.416 e. The Hall–Kier alpha value is -3.92. The molecule has 0 radical (unpaired) electrons. The Morgan fingerprint density at radius 2 is 1.67 bits per heavy atom. The lowest BCUT2D eigenvalue weighted by atomic mass is 10.0. The minimum Gasteiger partial charge on any atom is -0.481 e. The van der Waals surface area contributed by atoms with Crippen LogP contribution in [0.15, 0.2) is 48.7 Å². The van der Waals surface area contributed by atoms with Crippen molar-refractivity contribution >= 4 is 29.9 Å². The zero-order chi connectivity index (χ0) is 30.4. The predicted molar refractivity (Wildman–Crippen MR) is 147 cm³/mol. The number of carboxylic acids is 1. The van der Waals surface area contributed by atoms with Crippen LogP contribution < -0.4 is 9.80 Å². The quantitative estimate of drug-likeness (QED) is 0.173. The molecule has 3 rings (SSSR count). The number of unbranched alkanes of at least 4 members (excludes halogenated alkanes) is 1. The van der Waals surface area contributed by atoms with Gasteiger partial charge in [0.1, 0.15) is 0 Å². The van der Waals surface area contributed by atoms with Gasteiger partial charge in [0.15, 0.2) is 5.82 Å². The van der Waals surface area contributed by atoms with E-state index in [1.807, 2.05) is 11.8 Å². The van der Waals surface area contributed by atoms with Gasteiger partial charge in [-0.3, -0.25) is 9.48 Å². The zero-order valence-corrected chi connectivity index (χ0v) is 23.7. The Morgan fingerprint density at radius 3 is 2.21 bits per heavy atom. The molecular weight excluding hydrogens is 588 g/mol. The summed E-state index contributed by atoms with van der Waals surface area (Å²) in [6, 6.07) is 9.61. The highest BCUT2D eigenvalue weighted by molar-refractivity contribution is 5.85. The maximum absolute atomic E-state index is 13.7. The lowest BCUT2D eigenvalue weighted by molar-refractivity contribution is -0.138. The predicted octanol–water partition coefficient (Wildman–Crippen LogP) is 7.04. The highest BCUT2D eigenvalue weighted by Gasteiger charge is 2.33. The van der Waals surface area contributed by atoms with E-state index in [0.717, 1.165) is 24.3 Å². The number of carboxylic acid groups (broad SMARTS) is 1. The van der Waals surface area contributed by atoms with Crippen LogP contribution in [0.3, 0.4) is 0 Å². The van der Waals surface area contributed by atoms with Gasteiger partial charge in [0.05, 0.1) is 22.8 Å². The maximum Gasteiger partial charge on any atom is 0.416 e. The van der Waals surface area contributed by atoms with Crippen LogP contribution in [0.5, 0.6) is 0 Å². The number of rotatable bonds is 12. The van der Waals surface area contributed by atoms with E-state index >= 15 is 0 Å². The van der Waals surface area contributed by atoms with Crippen molar-refractivity contribution in [3.63, 3.8) is 0 Å². The van der Waals surface area contributed by atoms with Crippen LogP contribution in [0.4, 0.5) is 37.8 Å². The van der Waals surface area contributed by atoms with Gasteiger partial charge in [-0.1, -0.05) is 0 Å². The van der Waals surface area contributed by atoms with E-state index < -0.39 is 29.4 Å². The van der Waals surface area contributed by atoms with Crippen molar-refractivity contribution in [1.29, 1.82) is 5.26 Å². The van der Waals surface area contributed by atoms with Gasteiger partial charge >= 0.3 is 18.3 Å². The first-order valence-electron chi connectivity index (χ1n) is 12.7. The second-order valence-electron chi connectivity index (χ2n) is 9.50. The van der Waals surface area contributed by atoms with Crippen molar-refractivity contribution in [2.45, 2.75) is 51.6 Å². The first-order chi connectivity index (χ1) is 19.2. The number of nitrogens with zero attached hydrogens (tertiary/aromatic N) is 5. The topological polar surface area (TPSA) is 85.4 Å². The summed E-state index contributed by atoms with van der Waals surface area (Å²) in [6.07, 6.45) is -6.89. The third kappa shape index (κ3) is 9.30. The molecule has 3 aromatic rings. The molecule has 42 heavy (non-hydrogen) atoms. The summed E-state index contributed by atoms with van der Waals surface area (Å²) in [5.74, 6) is -0.625. The normalized spacial score (nSPS) is 11.5. The number of hydrogen-bond acceptors (Lipinski definition) is 5. The number of anilines is 2. The molecule has 0 saturated carbocycles. The van der Waals surface area contributed by atoms with Crippen LogP contribution in [0.25, 0.3) is 0 Å². The average Bonchev–Trinajstić information content (AvgIpc) is 3.33. The van der Waals surface area contributed by atoms with Crippen LogP contribution in [-0.2, 0) is 37.3 Å². The molecule has 228 valence electrons. The van der Waals surface area contributed by atoms with E-state index in [1.165, 1.54) is 16.8 Å². The van der Waals surface area contributed by atoms with Crippen molar-refractivity contribution in [2.75, 3.05) is 22.9 Å². The number of aryl methyl sites for hydroxylation is 1. The van der Waals surface area contributed by atoms with Crippen molar-refractivity contribution in [3.8, 4) is 6.07 Å². The third-order valence-corrected chi connectivity index (χ3v) is 6.41. The molecule has 0 spiro atoms. The summed E-state index contributed by atoms with van der Waals surface area (Å²) in [6.45, 7) is 2.33. The number of benzene rings is 2. The SMILES string of the molecule is CCN(CCCCC(=O)O)c1ccc(C(F)(F)F)cc1CN(Cc1cc(C#N)cc(C(F)(F)F)c1)c1ccn(C)n1.Cl. The average molecular weight is 618 g/mol. The van der Waals surface area contributed by atoms with Gasteiger partial charge in [0.25, 0.3) is 0 Å². The lowest BCUT2D eigenvalue weighted by Crippen LogP contribution is -2.29. The second kappa shape index (κ2) is 14.3. The van der Waals surface area contributed by atoms with E-state index in [0.29, 0.717) is 37.4 Å². The Kier molecular flexibility index (Phi) is 11.7. The molecule has 0 aliphatic heterocycles. The molecule has 0 saturated heterocycles. The monoisotopic (exact) mass is 617 g/mol. The molecule has 0 atom stereocenters. The Bertz CT molecular complexity index is 1400. The standard InChI is InChI=1S/C28H29F6N5O2.ClH/c1-3-38(10-5-4-6-26(40)41)24-8-7-22(27(29,30)31)15-21(24)18-39(25-9-11-37(2)36-25)17-20-12-19(16-35)13-23(14-20)28(32,33)34;/h7-9,11-15H,3-6,10,17-18H2,1-2H3,(H,40,41);1H. The molecule has 0 aliphatic rings. The van der Waals surface area contributed by atoms with Crippen molar-refractivity contribution < 1.29 is 36.2 Å². The molecule has 7 nitrogen and oxygen atoms in total. The summed E-state index contributed by atoms with van der Waals surface area (Å²) >= 11 is 0. The fourth-order valence-electron chi connectivity index (χ4n) is 4.45. The number of alkyl halides is 6. The van der Waals surface area contributed by atoms with Gasteiger partial charge in [-0.2, -0.15) is 36.7 Å². The number of nitriles is 1. The fourth-order valence-corrected chi connectivity index (χ4v) is 4.45. The van der Waals surface area contributed by atoms with Crippen LogP contribution in [-0.4, -0.2) is 33.9 Å². The number of carbonyl (C=O) groups is 1. The third-order valence-electron chi connectivity index (χ3n) is 6.41. The minimum atomic E-state index is -4.70. The van der Waals surface area contributed by atoms with E-state index in [-0.39, 0.29) is 48.6 Å². The van der Waals surface area contributed by atoms with Gasteiger partial charge < -0.3 is 14.9 Å². The maximum atomic E-state index is 13.7. The van der Waals surface area contributed by atoms with Crippen LogP contribution in [0.1, 0.15) is 54.0 Å².